The molecule has 0 saturated heterocycles. The molecule has 1 atom stereocenters. The Balaban J connectivity index is 2.30. The summed E-state index contributed by atoms with van der Waals surface area (Å²) in [6, 6.07) is 0.727. The van der Waals surface area contributed by atoms with Crippen molar-refractivity contribution in [1.29, 1.82) is 0 Å². The molecule has 0 radical (unpaired) electrons. The summed E-state index contributed by atoms with van der Waals surface area (Å²) in [6.07, 6.45) is 8.50. The van der Waals surface area contributed by atoms with E-state index in [0.29, 0.717) is 5.41 Å². The van der Waals surface area contributed by atoms with Crippen molar-refractivity contribution in [1.82, 2.24) is 5.32 Å². The van der Waals surface area contributed by atoms with E-state index in [-0.39, 0.29) is 0 Å². The molecule has 1 unspecified atom stereocenters. The van der Waals surface area contributed by atoms with E-state index in [4.69, 9.17) is 0 Å². The van der Waals surface area contributed by atoms with Gasteiger partial charge >= 0.3 is 0 Å². The van der Waals surface area contributed by atoms with E-state index in [9.17, 15) is 0 Å². The van der Waals surface area contributed by atoms with Gasteiger partial charge in [0.25, 0.3) is 0 Å². The Morgan fingerprint density at radius 3 is 2.69 bits per heavy atom. The number of hydrogen-bond donors (Lipinski definition) is 1. The number of hydrogen-bond acceptors (Lipinski definition) is 1. The molecule has 1 fully saturated rings. The lowest BCUT2D eigenvalue weighted by Gasteiger charge is -2.24. The Bertz CT molecular complexity index is 159. The van der Waals surface area contributed by atoms with Gasteiger partial charge in [-0.25, -0.2) is 0 Å². The van der Waals surface area contributed by atoms with E-state index < -0.39 is 0 Å². The third-order valence-electron chi connectivity index (χ3n) is 3.18. The smallest absolute Gasteiger partial charge is 0.0124 e. The standard InChI is InChI=1S/C12H23N/c1-4-6-7-11(13-10-5-2)12(3)8-9-12/h4,11,13H,1,5-10H2,2-3H3. The molecule has 1 rings (SSSR count). The summed E-state index contributed by atoms with van der Waals surface area (Å²) in [5.74, 6) is 0. The van der Waals surface area contributed by atoms with E-state index in [1.165, 1.54) is 25.7 Å². The van der Waals surface area contributed by atoms with E-state index in [1.54, 1.807) is 0 Å². The normalized spacial score (nSPS) is 21.1. The fourth-order valence-corrected chi connectivity index (χ4v) is 1.85. The number of allylic oxidation sites excluding steroid dienone is 1. The minimum Gasteiger partial charge on any atom is -0.313 e. The molecule has 13 heavy (non-hydrogen) atoms. The van der Waals surface area contributed by atoms with Gasteiger partial charge in [0.15, 0.2) is 0 Å². The lowest BCUT2D eigenvalue weighted by atomic mass is 9.94. The SMILES string of the molecule is C=CCCC(NCCC)C1(C)CC1. The zero-order valence-corrected chi connectivity index (χ0v) is 9.10. The Morgan fingerprint density at radius 2 is 2.23 bits per heavy atom. The van der Waals surface area contributed by atoms with Gasteiger partial charge in [0.05, 0.1) is 0 Å². The van der Waals surface area contributed by atoms with Gasteiger partial charge in [-0.2, -0.15) is 0 Å². The van der Waals surface area contributed by atoms with Crippen LogP contribution in [-0.2, 0) is 0 Å². The van der Waals surface area contributed by atoms with Crippen LogP contribution in [0, 0.1) is 5.41 Å². The fraction of sp³-hybridized carbons (Fsp3) is 0.833. The Labute approximate surface area is 82.6 Å². The van der Waals surface area contributed by atoms with Crippen LogP contribution in [0.2, 0.25) is 0 Å². The lowest BCUT2D eigenvalue weighted by molar-refractivity contribution is 0.339. The molecule has 1 N–H and O–H groups in total. The van der Waals surface area contributed by atoms with Gasteiger partial charge in [0.2, 0.25) is 0 Å². The molecule has 76 valence electrons. The predicted molar refractivity (Wildman–Crippen MR) is 58.9 cm³/mol. The molecule has 0 bridgehead atoms. The highest BCUT2D eigenvalue weighted by molar-refractivity contribution is 4.99. The average Bonchev–Trinajstić information content (AvgIpc) is 2.85. The second-order valence-corrected chi connectivity index (χ2v) is 4.53. The Hall–Kier alpha value is -0.300. The van der Waals surface area contributed by atoms with Crippen molar-refractivity contribution in [2.24, 2.45) is 5.41 Å². The number of rotatable bonds is 7. The fourth-order valence-electron chi connectivity index (χ4n) is 1.85. The highest BCUT2D eigenvalue weighted by atomic mass is 14.9. The topological polar surface area (TPSA) is 12.0 Å². The van der Waals surface area contributed by atoms with Gasteiger partial charge < -0.3 is 5.32 Å². The first-order valence-corrected chi connectivity index (χ1v) is 5.57. The Morgan fingerprint density at radius 1 is 1.54 bits per heavy atom. The molecule has 0 heterocycles. The van der Waals surface area contributed by atoms with Crippen LogP contribution in [0.4, 0.5) is 0 Å². The van der Waals surface area contributed by atoms with Gasteiger partial charge in [0.1, 0.15) is 0 Å². The van der Waals surface area contributed by atoms with E-state index in [2.05, 4.69) is 25.7 Å². The second kappa shape index (κ2) is 4.80. The van der Waals surface area contributed by atoms with Crippen molar-refractivity contribution in [2.75, 3.05) is 6.54 Å². The highest BCUT2D eigenvalue weighted by Gasteiger charge is 2.43. The minimum absolute atomic E-state index is 0.609. The van der Waals surface area contributed by atoms with Crippen LogP contribution in [0.5, 0.6) is 0 Å². The molecule has 1 aliphatic carbocycles. The third-order valence-corrected chi connectivity index (χ3v) is 3.18. The first kappa shape index (κ1) is 10.8. The summed E-state index contributed by atoms with van der Waals surface area (Å²) >= 11 is 0. The molecule has 1 nitrogen and oxygen atoms in total. The Kier molecular flexibility index (Phi) is 3.98. The van der Waals surface area contributed by atoms with Crippen LogP contribution in [0.3, 0.4) is 0 Å². The molecule has 0 aromatic heterocycles. The zero-order valence-electron chi connectivity index (χ0n) is 9.10. The van der Waals surface area contributed by atoms with E-state index >= 15 is 0 Å². The second-order valence-electron chi connectivity index (χ2n) is 4.53. The third kappa shape index (κ3) is 3.15. The molecule has 0 aromatic rings. The van der Waals surface area contributed by atoms with Crippen LogP contribution < -0.4 is 5.32 Å². The first-order chi connectivity index (χ1) is 6.23. The van der Waals surface area contributed by atoms with E-state index in [0.717, 1.165) is 19.0 Å². The molecule has 1 aliphatic rings. The maximum Gasteiger partial charge on any atom is 0.0124 e. The van der Waals surface area contributed by atoms with Crippen molar-refractivity contribution in [3.63, 3.8) is 0 Å². The molecule has 0 amide bonds. The van der Waals surface area contributed by atoms with Gasteiger partial charge in [-0.15, -0.1) is 6.58 Å². The van der Waals surface area contributed by atoms with Crippen LogP contribution in [0.1, 0.15) is 46.0 Å². The van der Waals surface area contributed by atoms with Crippen LogP contribution in [0.25, 0.3) is 0 Å². The summed E-state index contributed by atoms with van der Waals surface area (Å²) < 4.78 is 0. The van der Waals surface area contributed by atoms with Crippen molar-refractivity contribution in [3.8, 4) is 0 Å². The van der Waals surface area contributed by atoms with E-state index in [1.807, 2.05) is 6.08 Å². The molecule has 1 heteroatoms. The molecule has 0 spiro atoms. The summed E-state index contributed by atoms with van der Waals surface area (Å²) in [6.45, 7) is 9.59. The monoisotopic (exact) mass is 181 g/mol. The summed E-state index contributed by atoms with van der Waals surface area (Å²) in [4.78, 5) is 0. The summed E-state index contributed by atoms with van der Waals surface area (Å²) in [7, 11) is 0. The maximum absolute atomic E-state index is 3.79. The first-order valence-electron chi connectivity index (χ1n) is 5.57. The van der Waals surface area contributed by atoms with Crippen molar-refractivity contribution >= 4 is 0 Å². The average molecular weight is 181 g/mol. The molecular weight excluding hydrogens is 158 g/mol. The quantitative estimate of drug-likeness (QED) is 0.595. The summed E-state index contributed by atoms with van der Waals surface area (Å²) in [5, 5.41) is 3.66. The van der Waals surface area contributed by atoms with Crippen LogP contribution >= 0.6 is 0 Å². The lowest BCUT2D eigenvalue weighted by Crippen LogP contribution is -2.36. The largest absolute Gasteiger partial charge is 0.313 e. The van der Waals surface area contributed by atoms with Crippen molar-refractivity contribution < 1.29 is 0 Å². The van der Waals surface area contributed by atoms with Crippen LogP contribution in [0.15, 0.2) is 12.7 Å². The molecule has 0 aliphatic heterocycles. The molecule has 0 aromatic carbocycles. The minimum atomic E-state index is 0.609. The van der Waals surface area contributed by atoms with Crippen molar-refractivity contribution in [2.45, 2.75) is 52.0 Å². The molecule has 1 saturated carbocycles. The zero-order chi connectivity index (χ0) is 9.73. The van der Waals surface area contributed by atoms with Gasteiger partial charge in [-0.1, -0.05) is 19.9 Å². The number of nitrogens with one attached hydrogen (secondary N) is 1. The van der Waals surface area contributed by atoms with Crippen molar-refractivity contribution in [3.05, 3.63) is 12.7 Å². The van der Waals surface area contributed by atoms with Gasteiger partial charge in [0, 0.05) is 6.04 Å². The maximum atomic E-state index is 3.79. The van der Waals surface area contributed by atoms with Gasteiger partial charge in [-0.3, -0.25) is 0 Å². The van der Waals surface area contributed by atoms with Crippen LogP contribution in [-0.4, -0.2) is 12.6 Å². The van der Waals surface area contributed by atoms with Gasteiger partial charge in [-0.05, 0) is 44.1 Å². The highest BCUT2D eigenvalue weighted by Crippen LogP contribution is 2.49. The predicted octanol–water partition coefficient (Wildman–Crippen LogP) is 3.12. The summed E-state index contributed by atoms with van der Waals surface area (Å²) in [5.41, 5.74) is 0.609. The molecular formula is C12H23N.